The van der Waals surface area contributed by atoms with E-state index in [2.05, 4.69) is 5.32 Å². The number of sulfonamides is 1. The average Bonchev–Trinajstić information content (AvgIpc) is 2.68. The number of amides is 1. The monoisotopic (exact) mass is 434 g/mol. The Morgan fingerprint density at radius 1 is 1.03 bits per heavy atom. The summed E-state index contributed by atoms with van der Waals surface area (Å²) in [5.74, 6) is -4.96. The summed E-state index contributed by atoms with van der Waals surface area (Å²) in [5.41, 5.74) is -1.25. The van der Waals surface area contributed by atoms with Crippen LogP contribution in [0.2, 0.25) is 0 Å². The topological polar surface area (TPSA) is 136 Å². The Hall–Kier alpha value is -2.67. The van der Waals surface area contributed by atoms with Gasteiger partial charge in [0.05, 0.1) is 17.6 Å². The van der Waals surface area contributed by atoms with Crippen LogP contribution in [-0.4, -0.2) is 55.0 Å². The van der Waals surface area contributed by atoms with Gasteiger partial charge in [0.15, 0.2) is 11.6 Å². The fraction of sp³-hybridized carbons (Fsp3) is 0.235. The molecule has 0 aromatic heterocycles. The summed E-state index contributed by atoms with van der Waals surface area (Å²) in [6.45, 7) is -1.16. The molecule has 0 spiro atoms. The van der Waals surface area contributed by atoms with Crippen LogP contribution in [0.5, 0.6) is 0 Å². The molecule has 8 nitrogen and oxygen atoms in total. The number of anilines is 1. The first-order valence-corrected chi connectivity index (χ1v) is 9.56. The van der Waals surface area contributed by atoms with Crippen LogP contribution in [0.1, 0.15) is 10.4 Å². The number of halogens is 3. The quantitative estimate of drug-likeness (QED) is 0.407. The number of hydrogen-bond acceptors (Lipinski definition) is 6. The van der Waals surface area contributed by atoms with Gasteiger partial charge in [0.1, 0.15) is 17.6 Å². The van der Waals surface area contributed by atoms with Gasteiger partial charge < -0.3 is 20.6 Å². The zero-order valence-corrected chi connectivity index (χ0v) is 15.5. The molecule has 158 valence electrons. The molecule has 0 aliphatic carbocycles. The molecule has 2 atom stereocenters. The predicted octanol–water partition coefficient (Wildman–Crippen LogP) is 0.349. The lowest BCUT2D eigenvalue weighted by Crippen LogP contribution is -2.40. The highest BCUT2D eigenvalue weighted by atomic mass is 32.2. The molecule has 2 unspecified atom stereocenters. The lowest BCUT2D eigenvalue weighted by molar-refractivity contribution is -0.0123. The Labute approximate surface area is 163 Å². The van der Waals surface area contributed by atoms with E-state index in [0.29, 0.717) is 12.1 Å². The van der Waals surface area contributed by atoms with Gasteiger partial charge in [-0.15, -0.1) is 0 Å². The number of nitrogens with one attached hydrogen (secondary N) is 2. The van der Waals surface area contributed by atoms with E-state index in [0.717, 1.165) is 12.1 Å². The van der Waals surface area contributed by atoms with E-state index in [9.17, 15) is 36.6 Å². The van der Waals surface area contributed by atoms with Gasteiger partial charge >= 0.3 is 0 Å². The average molecular weight is 434 g/mol. The molecule has 2 aromatic rings. The number of rotatable bonds is 8. The minimum atomic E-state index is -4.53. The molecule has 0 radical (unpaired) electrons. The van der Waals surface area contributed by atoms with Crippen LogP contribution in [-0.2, 0) is 10.0 Å². The van der Waals surface area contributed by atoms with Gasteiger partial charge in [-0.3, -0.25) is 9.52 Å². The minimum absolute atomic E-state index is 0.168. The normalized spacial score (nSPS) is 13.6. The highest BCUT2D eigenvalue weighted by Crippen LogP contribution is 2.24. The van der Waals surface area contributed by atoms with Gasteiger partial charge in [-0.1, -0.05) is 6.07 Å². The van der Waals surface area contributed by atoms with Gasteiger partial charge in [0.2, 0.25) is 0 Å². The summed E-state index contributed by atoms with van der Waals surface area (Å²) in [6.07, 6.45) is -2.94. The number of carbonyl (C=O) groups is 1. The predicted molar refractivity (Wildman–Crippen MR) is 95.0 cm³/mol. The first kappa shape index (κ1) is 22.6. The van der Waals surface area contributed by atoms with Crippen molar-refractivity contribution in [1.29, 1.82) is 0 Å². The summed E-state index contributed by atoms with van der Waals surface area (Å²) in [5, 5.41) is 29.7. The number of aliphatic hydroxyl groups excluding tert-OH is 3. The van der Waals surface area contributed by atoms with Crippen molar-refractivity contribution < 1.29 is 41.7 Å². The second-order valence-electron chi connectivity index (χ2n) is 5.91. The van der Waals surface area contributed by atoms with Crippen LogP contribution >= 0.6 is 0 Å². The smallest absolute Gasteiger partial charge is 0.262 e. The second-order valence-corrected chi connectivity index (χ2v) is 7.59. The van der Waals surface area contributed by atoms with Gasteiger partial charge in [-0.05, 0) is 18.2 Å². The summed E-state index contributed by atoms with van der Waals surface area (Å²) < 4.78 is 66.8. The third-order valence-electron chi connectivity index (χ3n) is 3.75. The van der Waals surface area contributed by atoms with Crippen molar-refractivity contribution in [3.63, 3.8) is 0 Å². The van der Waals surface area contributed by atoms with E-state index in [-0.39, 0.29) is 5.56 Å². The van der Waals surface area contributed by atoms with Crippen molar-refractivity contribution in [2.24, 2.45) is 0 Å². The van der Waals surface area contributed by atoms with Gasteiger partial charge in [0, 0.05) is 24.2 Å². The highest BCUT2D eigenvalue weighted by molar-refractivity contribution is 7.92. The maximum atomic E-state index is 13.7. The van der Waals surface area contributed by atoms with Gasteiger partial charge in [-0.2, -0.15) is 0 Å². The summed E-state index contributed by atoms with van der Waals surface area (Å²) >= 11 is 0. The third-order valence-corrected chi connectivity index (χ3v) is 5.10. The van der Waals surface area contributed by atoms with Crippen molar-refractivity contribution in [1.82, 2.24) is 5.32 Å². The SMILES string of the molecule is O=C(NCC(O)C(O)CO)c1cccc(S(=O)(=O)Nc2c(F)cc(F)cc2F)c1. The van der Waals surface area contributed by atoms with E-state index < -0.39 is 69.3 Å². The number of aliphatic hydroxyl groups is 3. The maximum Gasteiger partial charge on any atom is 0.262 e. The van der Waals surface area contributed by atoms with Gasteiger partial charge in [0.25, 0.3) is 15.9 Å². The van der Waals surface area contributed by atoms with E-state index in [1.165, 1.54) is 12.1 Å². The highest BCUT2D eigenvalue weighted by Gasteiger charge is 2.22. The molecule has 0 aliphatic heterocycles. The Morgan fingerprint density at radius 3 is 2.24 bits per heavy atom. The Morgan fingerprint density at radius 2 is 1.66 bits per heavy atom. The van der Waals surface area contributed by atoms with E-state index in [1.807, 2.05) is 0 Å². The first-order chi connectivity index (χ1) is 13.5. The number of carbonyl (C=O) groups excluding carboxylic acids is 1. The maximum absolute atomic E-state index is 13.7. The standard InChI is InChI=1S/C17H17F3N2O6S/c18-10-5-12(19)16(13(20)6-10)22-29(27,28)11-3-1-2-9(4-11)17(26)21-7-14(24)15(25)8-23/h1-6,14-15,22-25H,7-8H2,(H,21,26). The fourth-order valence-electron chi connectivity index (χ4n) is 2.19. The van der Waals surface area contributed by atoms with Crippen LogP contribution in [0.4, 0.5) is 18.9 Å². The first-order valence-electron chi connectivity index (χ1n) is 8.07. The molecule has 29 heavy (non-hydrogen) atoms. The largest absolute Gasteiger partial charge is 0.394 e. The third kappa shape index (κ3) is 5.67. The number of benzene rings is 2. The van der Waals surface area contributed by atoms with E-state index in [4.69, 9.17) is 5.11 Å². The van der Waals surface area contributed by atoms with Crippen molar-refractivity contribution in [2.45, 2.75) is 17.1 Å². The zero-order valence-electron chi connectivity index (χ0n) is 14.6. The fourth-order valence-corrected chi connectivity index (χ4v) is 3.32. The Balaban J connectivity index is 2.20. The Kier molecular flexibility index (Phi) is 7.19. The molecule has 5 N–H and O–H groups in total. The molecule has 0 saturated heterocycles. The van der Waals surface area contributed by atoms with Crippen molar-refractivity contribution in [2.75, 3.05) is 17.9 Å². The van der Waals surface area contributed by atoms with Crippen LogP contribution < -0.4 is 10.0 Å². The molecule has 0 saturated carbocycles. The van der Waals surface area contributed by atoms with Gasteiger partial charge in [-0.25, -0.2) is 21.6 Å². The van der Waals surface area contributed by atoms with Crippen molar-refractivity contribution in [3.05, 3.63) is 59.4 Å². The summed E-state index contributed by atoms with van der Waals surface area (Å²) in [4.78, 5) is 11.6. The van der Waals surface area contributed by atoms with Crippen molar-refractivity contribution >= 4 is 21.6 Å². The molecule has 12 heteroatoms. The summed E-state index contributed by atoms with van der Waals surface area (Å²) in [7, 11) is -4.53. The van der Waals surface area contributed by atoms with Crippen LogP contribution in [0.25, 0.3) is 0 Å². The molecular weight excluding hydrogens is 417 g/mol. The van der Waals surface area contributed by atoms with E-state index >= 15 is 0 Å². The van der Waals surface area contributed by atoms with Crippen LogP contribution in [0.3, 0.4) is 0 Å². The second kappa shape index (κ2) is 9.22. The van der Waals surface area contributed by atoms with Crippen LogP contribution in [0.15, 0.2) is 41.3 Å². The molecular formula is C17H17F3N2O6S. The lowest BCUT2D eigenvalue weighted by Gasteiger charge is -2.16. The number of hydrogen-bond donors (Lipinski definition) is 5. The molecule has 2 aromatic carbocycles. The molecule has 0 heterocycles. The van der Waals surface area contributed by atoms with Crippen LogP contribution in [0, 0.1) is 17.5 Å². The molecule has 0 fully saturated rings. The molecule has 0 aliphatic rings. The Bertz CT molecular complexity index is 979. The van der Waals surface area contributed by atoms with Crippen molar-refractivity contribution in [3.8, 4) is 0 Å². The molecule has 0 bridgehead atoms. The zero-order chi connectivity index (χ0) is 21.8. The molecule has 1 amide bonds. The minimum Gasteiger partial charge on any atom is -0.394 e. The summed E-state index contributed by atoms with van der Waals surface area (Å²) in [6, 6.07) is 5.00. The molecule has 2 rings (SSSR count). The lowest BCUT2D eigenvalue weighted by atomic mass is 10.2. The van der Waals surface area contributed by atoms with E-state index in [1.54, 1.807) is 4.72 Å².